The van der Waals surface area contributed by atoms with Gasteiger partial charge in [-0.05, 0) is 24.3 Å². The lowest BCUT2D eigenvalue weighted by atomic mass is 10.1. The average molecular weight is 283 g/mol. The quantitative estimate of drug-likeness (QED) is 0.836. The average Bonchev–Trinajstić information content (AvgIpc) is 2.99. The molecule has 2 rings (SSSR count). The molecule has 0 unspecified atom stereocenters. The monoisotopic (exact) mass is 283 g/mol. The van der Waals surface area contributed by atoms with Crippen LogP contribution in [-0.2, 0) is 14.3 Å². The number of rotatable bonds is 6. The van der Waals surface area contributed by atoms with Gasteiger partial charge in [-0.3, -0.25) is 9.59 Å². The molecule has 5 nitrogen and oxygen atoms in total. The smallest absolute Gasteiger partial charge is 0.305 e. The molecular formula is C13H17NO4S. The Morgan fingerprint density at radius 1 is 1.58 bits per heavy atom. The summed E-state index contributed by atoms with van der Waals surface area (Å²) < 4.78 is 5.40. The van der Waals surface area contributed by atoms with Crippen molar-refractivity contribution in [3.8, 4) is 0 Å². The zero-order valence-electron chi connectivity index (χ0n) is 10.5. The Kier molecular flexibility index (Phi) is 4.93. The SMILES string of the molecule is O=C(O)C[C@H](NC(=O)C[C@@H]1CCCO1)c1cccs1. The highest BCUT2D eigenvalue weighted by Crippen LogP contribution is 2.23. The van der Waals surface area contributed by atoms with Gasteiger partial charge in [0.2, 0.25) is 5.91 Å². The van der Waals surface area contributed by atoms with Gasteiger partial charge >= 0.3 is 5.97 Å². The fourth-order valence-electron chi connectivity index (χ4n) is 2.15. The van der Waals surface area contributed by atoms with Crippen LogP contribution in [0.25, 0.3) is 0 Å². The third-order valence-corrected chi connectivity index (χ3v) is 4.02. The van der Waals surface area contributed by atoms with Crippen LogP contribution in [0.1, 0.15) is 36.6 Å². The highest BCUT2D eigenvalue weighted by molar-refractivity contribution is 7.10. The third-order valence-electron chi connectivity index (χ3n) is 3.04. The fourth-order valence-corrected chi connectivity index (χ4v) is 2.93. The molecule has 1 aromatic heterocycles. The van der Waals surface area contributed by atoms with Gasteiger partial charge in [-0.2, -0.15) is 0 Å². The lowest BCUT2D eigenvalue weighted by Crippen LogP contribution is -2.32. The second-order valence-corrected chi connectivity index (χ2v) is 5.55. The molecular weight excluding hydrogens is 266 g/mol. The van der Waals surface area contributed by atoms with E-state index in [1.54, 1.807) is 0 Å². The van der Waals surface area contributed by atoms with Crippen molar-refractivity contribution in [2.75, 3.05) is 6.61 Å². The van der Waals surface area contributed by atoms with Crippen LogP contribution in [0.5, 0.6) is 0 Å². The minimum absolute atomic E-state index is 0.0196. The van der Waals surface area contributed by atoms with Crippen molar-refractivity contribution in [3.05, 3.63) is 22.4 Å². The number of thiophene rings is 1. The summed E-state index contributed by atoms with van der Waals surface area (Å²) in [6.07, 6.45) is 2.07. The maximum atomic E-state index is 11.9. The predicted octanol–water partition coefficient (Wildman–Crippen LogP) is 1.95. The number of hydrogen-bond acceptors (Lipinski definition) is 4. The summed E-state index contributed by atoms with van der Waals surface area (Å²) in [5.74, 6) is -1.07. The van der Waals surface area contributed by atoms with Crippen LogP contribution in [0.3, 0.4) is 0 Å². The van der Waals surface area contributed by atoms with Crippen LogP contribution in [0.2, 0.25) is 0 Å². The molecule has 2 N–H and O–H groups in total. The van der Waals surface area contributed by atoms with E-state index >= 15 is 0 Å². The Morgan fingerprint density at radius 3 is 3.00 bits per heavy atom. The van der Waals surface area contributed by atoms with Crippen LogP contribution in [0, 0.1) is 0 Å². The molecule has 1 fully saturated rings. The molecule has 1 aliphatic heterocycles. The summed E-state index contributed by atoms with van der Waals surface area (Å²) in [5.41, 5.74) is 0. The van der Waals surface area contributed by atoms with Crippen molar-refractivity contribution in [1.29, 1.82) is 0 Å². The van der Waals surface area contributed by atoms with E-state index in [1.165, 1.54) is 11.3 Å². The van der Waals surface area contributed by atoms with Crippen LogP contribution in [-0.4, -0.2) is 29.7 Å². The molecule has 0 radical (unpaired) electrons. The van der Waals surface area contributed by atoms with Gasteiger partial charge in [0.05, 0.1) is 25.0 Å². The third kappa shape index (κ3) is 4.33. The van der Waals surface area contributed by atoms with E-state index in [1.807, 2.05) is 17.5 Å². The van der Waals surface area contributed by atoms with E-state index in [-0.39, 0.29) is 18.4 Å². The van der Waals surface area contributed by atoms with Crippen molar-refractivity contribution in [3.63, 3.8) is 0 Å². The van der Waals surface area contributed by atoms with Crippen molar-refractivity contribution >= 4 is 23.2 Å². The number of carbonyl (C=O) groups excluding carboxylic acids is 1. The van der Waals surface area contributed by atoms with Gasteiger partial charge in [-0.1, -0.05) is 6.07 Å². The summed E-state index contributed by atoms with van der Waals surface area (Å²) in [5, 5.41) is 13.6. The number of ether oxygens (including phenoxy) is 1. The number of aliphatic carboxylic acids is 1. The van der Waals surface area contributed by atoms with Crippen LogP contribution < -0.4 is 5.32 Å². The van der Waals surface area contributed by atoms with Crippen molar-refractivity contribution in [2.45, 2.75) is 37.8 Å². The van der Waals surface area contributed by atoms with Gasteiger partial charge in [0.1, 0.15) is 0 Å². The van der Waals surface area contributed by atoms with Crippen molar-refractivity contribution < 1.29 is 19.4 Å². The number of nitrogens with one attached hydrogen (secondary N) is 1. The largest absolute Gasteiger partial charge is 0.481 e. The summed E-state index contributed by atoms with van der Waals surface area (Å²) in [4.78, 5) is 23.6. The highest BCUT2D eigenvalue weighted by atomic mass is 32.1. The van der Waals surface area contributed by atoms with Gasteiger partial charge in [-0.15, -0.1) is 11.3 Å². The Labute approximate surface area is 115 Å². The van der Waals surface area contributed by atoms with Gasteiger partial charge in [0.15, 0.2) is 0 Å². The Hall–Kier alpha value is -1.40. The topological polar surface area (TPSA) is 75.6 Å². The molecule has 1 saturated heterocycles. The molecule has 6 heteroatoms. The number of carbonyl (C=O) groups is 2. The molecule has 2 atom stereocenters. The van der Waals surface area contributed by atoms with E-state index < -0.39 is 12.0 Å². The summed E-state index contributed by atoms with van der Waals surface area (Å²) in [7, 11) is 0. The maximum Gasteiger partial charge on any atom is 0.305 e. The van der Waals surface area contributed by atoms with E-state index in [2.05, 4.69) is 5.32 Å². The number of amides is 1. The fraction of sp³-hybridized carbons (Fsp3) is 0.538. The number of carboxylic acids is 1. The first-order chi connectivity index (χ1) is 9.15. The first-order valence-electron chi connectivity index (χ1n) is 6.31. The first kappa shape index (κ1) is 14.0. The Balaban J connectivity index is 1.91. The highest BCUT2D eigenvalue weighted by Gasteiger charge is 2.23. The molecule has 0 saturated carbocycles. The zero-order valence-corrected chi connectivity index (χ0v) is 11.3. The van der Waals surface area contributed by atoms with Gasteiger partial charge in [0.25, 0.3) is 0 Å². The molecule has 1 aliphatic rings. The second kappa shape index (κ2) is 6.68. The minimum atomic E-state index is -0.921. The Bertz CT molecular complexity index is 426. The predicted molar refractivity (Wildman–Crippen MR) is 71.0 cm³/mol. The standard InChI is InChI=1S/C13H17NO4S/c15-12(7-9-3-1-5-18-9)14-10(8-13(16)17)11-4-2-6-19-11/h2,4,6,9-10H,1,3,5,7-8H2,(H,14,15)(H,16,17)/t9-,10-/m0/s1. The molecule has 0 aromatic carbocycles. The lowest BCUT2D eigenvalue weighted by molar-refractivity contribution is -0.137. The Morgan fingerprint density at radius 2 is 2.42 bits per heavy atom. The van der Waals surface area contributed by atoms with Gasteiger partial charge in [0, 0.05) is 11.5 Å². The van der Waals surface area contributed by atoms with Crippen LogP contribution >= 0.6 is 11.3 Å². The van der Waals surface area contributed by atoms with E-state index in [0.29, 0.717) is 13.0 Å². The zero-order chi connectivity index (χ0) is 13.7. The van der Waals surface area contributed by atoms with Gasteiger partial charge < -0.3 is 15.2 Å². The number of hydrogen-bond donors (Lipinski definition) is 2. The van der Waals surface area contributed by atoms with Crippen molar-refractivity contribution in [2.24, 2.45) is 0 Å². The van der Waals surface area contributed by atoms with Crippen molar-refractivity contribution in [1.82, 2.24) is 5.32 Å². The molecule has 2 heterocycles. The first-order valence-corrected chi connectivity index (χ1v) is 7.19. The summed E-state index contributed by atoms with van der Waals surface area (Å²) >= 11 is 1.45. The number of carboxylic acid groups (broad SMARTS) is 1. The maximum absolute atomic E-state index is 11.9. The normalized spacial score (nSPS) is 20.1. The minimum Gasteiger partial charge on any atom is -0.481 e. The summed E-state index contributed by atoms with van der Waals surface area (Å²) in [6.45, 7) is 0.710. The molecule has 1 aromatic rings. The summed E-state index contributed by atoms with van der Waals surface area (Å²) in [6, 6.07) is 3.23. The molecule has 0 bridgehead atoms. The molecule has 19 heavy (non-hydrogen) atoms. The van der Waals surface area contributed by atoms with E-state index in [9.17, 15) is 9.59 Å². The van der Waals surface area contributed by atoms with Crippen LogP contribution in [0.15, 0.2) is 17.5 Å². The molecule has 0 spiro atoms. The van der Waals surface area contributed by atoms with Gasteiger partial charge in [-0.25, -0.2) is 0 Å². The second-order valence-electron chi connectivity index (χ2n) is 4.57. The molecule has 104 valence electrons. The molecule has 0 aliphatic carbocycles. The molecule has 1 amide bonds. The lowest BCUT2D eigenvalue weighted by Gasteiger charge is -2.17. The van der Waals surface area contributed by atoms with Crippen LogP contribution in [0.4, 0.5) is 0 Å². The van der Waals surface area contributed by atoms with E-state index in [0.717, 1.165) is 17.7 Å². The van der Waals surface area contributed by atoms with E-state index in [4.69, 9.17) is 9.84 Å².